The highest BCUT2D eigenvalue weighted by molar-refractivity contribution is 7.98. The molecule has 2 aromatic rings. The number of aryl methyl sites for hydroxylation is 1. The first-order valence-corrected chi connectivity index (χ1v) is 12.1. The Bertz CT molecular complexity index is 1080. The molecule has 0 aliphatic rings. The van der Waals surface area contributed by atoms with Crippen LogP contribution < -0.4 is 14.8 Å². The predicted octanol–water partition coefficient (Wildman–Crippen LogP) is 3.63. The van der Waals surface area contributed by atoms with Gasteiger partial charge >= 0.3 is 5.97 Å². The van der Waals surface area contributed by atoms with E-state index in [1.807, 2.05) is 33.1 Å². The molecule has 0 bridgehead atoms. The van der Waals surface area contributed by atoms with E-state index in [1.54, 1.807) is 20.1 Å². The molecule has 0 saturated heterocycles. The molecule has 1 aromatic heterocycles. The Morgan fingerprint density at radius 2 is 1.97 bits per heavy atom. The molecular formula is C24H32N4O5S. The second kappa shape index (κ2) is 13.0. The minimum atomic E-state index is -0.875. The van der Waals surface area contributed by atoms with Gasteiger partial charge in [0.1, 0.15) is 23.6 Å². The summed E-state index contributed by atoms with van der Waals surface area (Å²) < 4.78 is 17.9. The topological polar surface area (TPSA) is 116 Å². The Balaban J connectivity index is 2.40. The zero-order valence-corrected chi connectivity index (χ0v) is 21.3. The van der Waals surface area contributed by atoms with Crippen LogP contribution in [0, 0.1) is 12.3 Å². The second-order valence-corrected chi connectivity index (χ2v) is 8.13. The number of carbonyl (C=O) groups excluding carboxylic acids is 2. The molecule has 0 amide bonds. The van der Waals surface area contributed by atoms with Crippen molar-refractivity contribution in [1.29, 1.82) is 5.41 Å². The molecule has 10 heteroatoms. The maximum Gasteiger partial charge on any atom is 0.363 e. The van der Waals surface area contributed by atoms with Gasteiger partial charge in [0.25, 0.3) is 0 Å². The Kier molecular flexibility index (Phi) is 10.3. The zero-order valence-electron chi connectivity index (χ0n) is 20.5. The van der Waals surface area contributed by atoms with Crippen LogP contribution in [0.1, 0.15) is 42.3 Å². The fourth-order valence-electron chi connectivity index (χ4n) is 3.24. The van der Waals surface area contributed by atoms with E-state index in [0.29, 0.717) is 48.9 Å². The lowest BCUT2D eigenvalue weighted by molar-refractivity contribution is -0.127. The van der Waals surface area contributed by atoms with Gasteiger partial charge in [-0.25, -0.2) is 9.48 Å². The number of rotatable bonds is 13. The van der Waals surface area contributed by atoms with E-state index in [2.05, 4.69) is 10.4 Å². The third kappa shape index (κ3) is 6.48. The number of thioether (sulfide) groups is 1. The molecule has 0 saturated carbocycles. The van der Waals surface area contributed by atoms with Crippen molar-refractivity contribution in [1.82, 2.24) is 15.1 Å². The average molecular weight is 489 g/mol. The van der Waals surface area contributed by atoms with Gasteiger partial charge in [0.15, 0.2) is 0 Å². The fraction of sp³-hybridized carbons (Fsp3) is 0.417. The molecule has 0 unspecified atom stereocenters. The van der Waals surface area contributed by atoms with Gasteiger partial charge < -0.3 is 19.5 Å². The normalized spacial score (nSPS) is 11.3. The van der Waals surface area contributed by atoms with E-state index < -0.39 is 5.97 Å². The van der Waals surface area contributed by atoms with E-state index in [-0.39, 0.29) is 22.9 Å². The van der Waals surface area contributed by atoms with Gasteiger partial charge in [-0.15, -0.1) is 11.8 Å². The number of nitrogens with zero attached hydrogens (tertiary/aromatic N) is 2. The van der Waals surface area contributed by atoms with Gasteiger partial charge in [0.05, 0.1) is 12.8 Å². The lowest BCUT2D eigenvalue weighted by atomic mass is 10.00. The molecule has 184 valence electrons. The van der Waals surface area contributed by atoms with Crippen LogP contribution >= 0.6 is 11.8 Å². The van der Waals surface area contributed by atoms with Crippen molar-refractivity contribution in [2.45, 2.75) is 39.1 Å². The standard InChI is InChI=1S/C24H32N4O5S/c1-7-26-15(3)13-19(25)24(30)33-23-18(14-27-28(23)8-2)21(29)17-9-10-20(34-6)22(16(17)4)32-12-11-31-5/h9-10,13-14,25-26H,7-8,11-12H2,1-6H3/b15-13-,25-19?. The number of nitrogens with one attached hydrogen (secondary N) is 2. The van der Waals surface area contributed by atoms with Crippen molar-refractivity contribution in [3.8, 4) is 11.6 Å². The molecule has 0 aliphatic carbocycles. The highest BCUT2D eigenvalue weighted by atomic mass is 32.2. The van der Waals surface area contributed by atoms with E-state index in [1.165, 1.54) is 28.7 Å². The third-order valence-corrected chi connectivity index (χ3v) is 5.69. The van der Waals surface area contributed by atoms with Crippen LogP contribution in [-0.4, -0.2) is 60.4 Å². The summed E-state index contributed by atoms with van der Waals surface area (Å²) >= 11 is 1.52. The molecular weight excluding hydrogens is 456 g/mol. The minimum Gasteiger partial charge on any atom is -0.490 e. The molecule has 2 N–H and O–H groups in total. The molecule has 0 atom stereocenters. The number of hydrogen-bond acceptors (Lipinski definition) is 9. The number of aromatic nitrogens is 2. The number of ether oxygens (including phenoxy) is 3. The fourth-order valence-corrected chi connectivity index (χ4v) is 3.84. The first-order chi connectivity index (χ1) is 16.3. The van der Waals surface area contributed by atoms with Crippen molar-refractivity contribution in [3.63, 3.8) is 0 Å². The molecule has 0 aliphatic heterocycles. The summed E-state index contributed by atoms with van der Waals surface area (Å²) in [7, 11) is 1.59. The quantitative estimate of drug-likeness (QED) is 0.144. The number of benzene rings is 1. The van der Waals surface area contributed by atoms with Crippen LogP contribution in [0.2, 0.25) is 0 Å². The molecule has 9 nitrogen and oxygen atoms in total. The van der Waals surface area contributed by atoms with Crippen molar-refractivity contribution in [2.75, 3.05) is 33.1 Å². The molecule has 0 radical (unpaired) electrons. The van der Waals surface area contributed by atoms with Crippen LogP contribution in [0.15, 0.2) is 35.0 Å². The summed E-state index contributed by atoms with van der Waals surface area (Å²) in [5.41, 5.74) is 1.55. The van der Waals surface area contributed by atoms with E-state index >= 15 is 0 Å². The van der Waals surface area contributed by atoms with Crippen LogP contribution in [0.3, 0.4) is 0 Å². The van der Waals surface area contributed by atoms with E-state index in [4.69, 9.17) is 19.6 Å². The predicted molar refractivity (Wildman–Crippen MR) is 132 cm³/mol. The van der Waals surface area contributed by atoms with Crippen LogP contribution in [-0.2, 0) is 16.1 Å². The Labute approximate surface area is 204 Å². The van der Waals surface area contributed by atoms with Gasteiger partial charge in [-0.1, -0.05) is 0 Å². The van der Waals surface area contributed by atoms with Crippen LogP contribution in [0.5, 0.6) is 11.6 Å². The second-order valence-electron chi connectivity index (χ2n) is 7.28. The highest BCUT2D eigenvalue weighted by Crippen LogP contribution is 2.35. The summed E-state index contributed by atoms with van der Waals surface area (Å²) in [6.07, 6.45) is 4.70. The van der Waals surface area contributed by atoms with Gasteiger partial charge in [0, 0.05) is 41.9 Å². The number of carbonyl (C=O) groups is 2. The number of methoxy groups -OCH3 is 1. The number of ketones is 1. The maximum absolute atomic E-state index is 13.5. The smallest absolute Gasteiger partial charge is 0.363 e. The van der Waals surface area contributed by atoms with Crippen molar-refractivity contribution in [3.05, 3.63) is 46.8 Å². The summed E-state index contributed by atoms with van der Waals surface area (Å²) in [5.74, 6) is -0.607. The Morgan fingerprint density at radius 1 is 1.24 bits per heavy atom. The molecule has 1 aromatic carbocycles. The van der Waals surface area contributed by atoms with Crippen molar-refractivity contribution >= 4 is 29.2 Å². The van der Waals surface area contributed by atoms with Crippen molar-refractivity contribution < 1.29 is 23.8 Å². The highest BCUT2D eigenvalue weighted by Gasteiger charge is 2.26. The monoisotopic (exact) mass is 488 g/mol. The maximum atomic E-state index is 13.5. The number of esters is 1. The first-order valence-electron chi connectivity index (χ1n) is 10.9. The first kappa shape index (κ1) is 27.1. The van der Waals surface area contributed by atoms with Crippen LogP contribution in [0.25, 0.3) is 0 Å². The Hall–Kier alpha value is -3.11. The average Bonchev–Trinajstić information content (AvgIpc) is 3.22. The van der Waals surface area contributed by atoms with E-state index in [9.17, 15) is 9.59 Å². The lowest BCUT2D eigenvalue weighted by Gasteiger charge is -2.16. The molecule has 1 heterocycles. The summed E-state index contributed by atoms with van der Waals surface area (Å²) in [6, 6.07) is 3.55. The third-order valence-electron chi connectivity index (χ3n) is 4.93. The van der Waals surface area contributed by atoms with Crippen molar-refractivity contribution in [2.24, 2.45) is 0 Å². The SMILES string of the molecule is CCN/C(C)=C\C(=N)C(=O)Oc1c(C(=O)c2ccc(SC)c(OCCOC)c2C)cnn1CC. The molecule has 0 spiro atoms. The molecule has 34 heavy (non-hydrogen) atoms. The minimum absolute atomic E-state index is 0.00643. The van der Waals surface area contributed by atoms with Gasteiger partial charge in [-0.2, -0.15) is 5.10 Å². The van der Waals surface area contributed by atoms with Gasteiger partial charge in [-0.3, -0.25) is 10.2 Å². The van der Waals surface area contributed by atoms with E-state index in [0.717, 1.165) is 4.90 Å². The summed E-state index contributed by atoms with van der Waals surface area (Å²) in [6.45, 7) is 9.11. The molecule has 0 fully saturated rings. The summed E-state index contributed by atoms with van der Waals surface area (Å²) in [5, 5.41) is 15.2. The lowest BCUT2D eigenvalue weighted by Crippen LogP contribution is -2.22. The largest absolute Gasteiger partial charge is 0.490 e. The van der Waals surface area contributed by atoms with Gasteiger partial charge in [-0.05, 0) is 52.2 Å². The van der Waals surface area contributed by atoms with Crippen LogP contribution in [0.4, 0.5) is 0 Å². The zero-order chi connectivity index (χ0) is 25.3. The molecule has 2 rings (SSSR count). The summed E-state index contributed by atoms with van der Waals surface area (Å²) in [4.78, 5) is 27.0. The number of allylic oxidation sites excluding steroid dienone is 1. The number of hydrogen-bond donors (Lipinski definition) is 2. The Morgan fingerprint density at radius 3 is 2.59 bits per heavy atom. The van der Waals surface area contributed by atoms with Gasteiger partial charge in [0.2, 0.25) is 11.7 Å².